The molecule has 3 rings (SSSR count). The molecule has 30 heavy (non-hydrogen) atoms. The van der Waals surface area contributed by atoms with Gasteiger partial charge >= 0.3 is 6.09 Å². The summed E-state index contributed by atoms with van der Waals surface area (Å²) in [5.74, 6) is -0.204. The van der Waals surface area contributed by atoms with Crippen LogP contribution in [-0.2, 0) is 22.6 Å². The zero-order valence-corrected chi connectivity index (χ0v) is 18.0. The van der Waals surface area contributed by atoms with Crippen LogP contribution in [0, 0.1) is 5.82 Å². The number of carbonyl (C=O) groups excluding carboxylic acids is 2. The van der Waals surface area contributed by atoms with Crippen molar-refractivity contribution in [2.75, 3.05) is 5.32 Å². The van der Waals surface area contributed by atoms with E-state index in [1.54, 1.807) is 52.0 Å². The summed E-state index contributed by atoms with van der Waals surface area (Å²) in [6.07, 6.45) is -1.18. The lowest BCUT2D eigenvalue weighted by atomic mass is 10.1. The number of anilines is 1. The highest BCUT2D eigenvalue weighted by Crippen LogP contribution is 2.31. The number of nitrogens with one attached hydrogen (secondary N) is 1. The summed E-state index contributed by atoms with van der Waals surface area (Å²) in [5.41, 5.74) is 0.713. The van der Waals surface area contributed by atoms with Gasteiger partial charge in [-0.2, -0.15) is 0 Å². The predicted molar refractivity (Wildman–Crippen MR) is 112 cm³/mol. The molecule has 6 nitrogen and oxygen atoms in total. The molecule has 0 bridgehead atoms. The Hall–Kier alpha value is -2.80. The van der Waals surface area contributed by atoms with E-state index in [9.17, 15) is 14.0 Å². The van der Waals surface area contributed by atoms with Crippen molar-refractivity contribution in [3.8, 4) is 5.75 Å². The molecule has 0 saturated carbocycles. The first-order valence-corrected chi connectivity index (χ1v) is 9.92. The number of carbonyl (C=O) groups is 2. The highest BCUT2D eigenvalue weighted by Gasteiger charge is 2.26. The van der Waals surface area contributed by atoms with E-state index in [0.717, 1.165) is 0 Å². The van der Waals surface area contributed by atoms with E-state index in [4.69, 9.17) is 21.1 Å². The molecule has 0 aromatic heterocycles. The minimum absolute atomic E-state index is 0.0720. The average molecular weight is 435 g/mol. The fourth-order valence-electron chi connectivity index (χ4n) is 2.96. The molecule has 0 spiro atoms. The van der Waals surface area contributed by atoms with E-state index < -0.39 is 23.6 Å². The third-order valence-electron chi connectivity index (χ3n) is 4.41. The molecule has 160 valence electrons. The molecular weight excluding hydrogens is 411 g/mol. The molecule has 1 aliphatic rings. The van der Waals surface area contributed by atoms with Crippen molar-refractivity contribution in [1.82, 2.24) is 4.90 Å². The highest BCUT2D eigenvalue weighted by atomic mass is 35.5. The molecule has 1 N–H and O–H groups in total. The lowest BCUT2D eigenvalue weighted by Crippen LogP contribution is -2.36. The maximum absolute atomic E-state index is 14.3. The van der Waals surface area contributed by atoms with E-state index in [0.29, 0.717) is 17.0 Å². The summed E-state index contributed by atoms with van der Waals surface area (Å²) in [6.45, 7) is 6.98. The van der Waals surface area contributed by atoms with Gasteiger partial charge in [-0.3, -0.25) is 9.69 Å². The van der Waals surface area contributed by atoms with Crippen LogP contribution in [0.4, 0.5) is 14.9 Å². The molecule has 0 aliphatic carbocycles. The summed E-state index contributed by atoms with van der Waals surface area (Å²) >= 11 is 6.16. The Kier molecular flexibility index (Phi) is 6.22. The Bertz CT molecular complexity index is 954. The standard InChI is InChI=1S/C22H24ClFN2O4/c1-13-20(27)25-18-10-14(8-9-19(18)29-13)11-26(21(28)30-22(2,3)4)12-15-16(23)6-5-7-17(15)24/h5-10,13H,11-12H2,1-4H3,(H,25,27). The van der Waals surface area contributed by atoms with Gasteiger partial charge in [-0.25, -0.2) is 9.18 Å². The molecule has 0 saturated heterocycles. The SMILES string of the molecule is CC1Oc2ccc(CN(Cc3c(F)cccc3Cl)C(=O)OC(C)(C)C)cc2NC1=O. The van der Waals surface area contributed by atoms with E-state index >= 15 is 0 Å². The molecule has 1 atom stereocenters. The minimum Gasteiger partial charge on any atom is -0.479 e. The monoisotopic (exact) mass is 434 g/mol. The van der Waals surface area contributed by atoms with Gasteiger partial charge in [0.2, 0.25) is 0 Å². The second-order valence-corrected chi connectivity index (χ2v) is 8.52. The van der Waals surface area contributed by atoms with E-state index in [-0.39, 0.29) is 29.6 Å². The number of benzene rings is 2. The fraction of sp³-hybridized carbons (Fsp3) is 0.364. The Morgan fingerprint density at radius 3 is 2.67 bits per heavy atom. The van der Waals surface area contributed by atoms with Crippen LogP contribution < -0.4 is 10.1 Å². The van der Waals surface area contributed by atoms with Gasteiger partial charge < -0.3 is 14.8 Å². The number of ether oxygens (including phenoxy) is 2. The van der Waals surface area contributed by atoms with Crippen LogP contribution in [0.1, 0.15) is 38.8 Å². The van der Waals surface area contributed by atoms with E-state index in [1.807, 2.05) is 0 Å². The molecule has 1 heterocycles. The Balaban J connectivity index is 1.88. The van der Waals surface area contributed by atoms with Gasteiger partial charge in [0, 0.05) is 17.1 Å². The second-order valence-electron chi connectivity index (χ2n) is 8.12. The normalized spacial score (nSPS) is 15.7. The number of nitrogens with zero attached hydrogens (tertiary/aromatic N) is 1. The third-order valence-corrected chi connectivity index (χ3v) is 4.76. The molecule has 2 aromatic rings. The Labute approximate surface area is 179 Å². The van der Waals surface area contributed by atoms with Crippen LogP contribution in [0.15, 0.2) is 36.4 Å². The van der Waals surface area contributed by atoms with Crippen LogP contribution in [-0.4, -0.2) is 28.6 Å². The van der Waals surface area contributed by atoms with E-state index in [2.05, 4.69) is 5.32 Å². The summed E-state index contributed by atoms with van der Waals surface area (Å²) in [4.78, 5) is 26.1. The van der Waals surface area contributed by atoms with Gasteiger partial charge in [0.05, 0.1) is 12.2 Å². The number of fused-ring (bicyclic) bond motifs is 1. The zero-order valence-electron chi connectivity index (χ0n) is 17.3. The molecular formula is C22H24ClFN2O4. The summed E-state index contributed by atoms with van der Waals surface area (Å²) in [5, 5.41) is 3.00. The fourth-order valence-corrected chi connectivity index (χ4v) is 3.18. The van der Waals surface area contributed by atoms with Gasteiger partial charge in [0.15, 0.2) is 6.10 Å². The van der Waals surface area contributed by atoms with Gasteiger partial charge in [0.25, 0.3) is 5.91 Å². The largest absolute Gasteiger partial charge is 0.479 e. The number of rotatable bonds is 4. The molecule has 1 aliphatic heterocycles. The minimum atomic E-state index is -0.720. The molecule has 2 aromatic carbocycles. The Morgan fingerprint density at radius 1 is 1.27 bits per heavy atom. The number of hydrogen-bond acceptors (Lipinski definition) is 4. The summed E-state index contributed by atoms with van der Waals surface area (Å²) in [6, 6.07) is 9.60. The second kappa shape index (κ2) is 8.52. The summed E-state index contributed by atoms with van der Waals surface area (Å²) in [7, 11) is 0. The number of hydrogen-bond donors (Lipinski definition) is 1. The predicted octanol–water partition coefficient (Wildman–Crippen LogP) is 5.14. The van der Waals surface area contributed by atoms with E-state index in [1.165, 1.54) is 17.0 Å². The molecule has 2 amide bonds. The van der Waals surface area contributed by atoms with Gasteiger partial charge in [-0.1, -0.05) is 23.7 Å². The quantitative estimate of drug-likeness (QED) is 0.723. The van der Waals surface area contributed by atoms with Gasteiger partial charge in [-0.05, 0) is 57.5 Å². The maximum atomic E-state index is 14.3. The van der Waals surface area contributed by atoms with Crippen molar-refractivity contribution in [2.24, 2.45) is 0 Å². The van der Waals surface area contributed by atoms with Gasteiger partial charge in [0.1, 0.15) is 17.2 Å². The summed E-state index contributed by atoms with van der Waals surface area (Å²) < 4.78 is 25.4. The lowest BCUT2D eigenvalue weighted by molar-refractivity contribution is -0.122. The third kappa shape index (κ3) is 5.21. The smallest absolute Gasteiger partial charge is 0.410 e. The Morgan fingerprint density at radius 2 is 2.00 bits per heavy atom. The first-order chi connectivity index (χ1) is 14.0. The van der Waals surface area contributed by atoms with Crippen LogP contribution in [0.2, 0.25) is 5.02 Å². The van der Waals surface area contributed by atoms with Crippen molar-refractivity contribution < 1.29 is 23.5 Å². The van der Waals surface area contributed by atoms with Crippen molar-refractivity contribution in [3.05, 3.63) is 58.4 Å². The highest BCUT2D eigenvalue weighted by molar-refractivity contribution is 6.31. The average Bonchev–Trinajstić information content (AvgIpc) is 2.63. The molecule has 0 fully saturated rings. The first kappa shape index (κ1) is 21.9. The lowest BCUT2D eigenvalue weighted by Gasteiger charge is -2.29. The maximum Gasteiger partial charge on any atom is 0.410 e. The van der Waals surface area contributed by atoms with Crippen LogP contribution in [0.5, 0.6) is 5.75 Å². The van der Waals surface area contributed by atoms with Crippen LogP contribution >= 0.6 is 11.6 Å². The van der Waals surface area contributed by atoms with Crippen molar-refractivity contribution >= 4 is 29.3 Å². The van der Waals surface area contributed by atoms with Gasteiger partial charge in [-0.15, -0.1) is 0 Å². The van der Waals surface area contributed by atoms with Crippen molar-refractivity contribution in [3.63, 3.8) is 0 Å². The topological polar surface area (TPSA) is 67.9 Å². The van der Waals surface area contributed by atoms with Crippen molar-refractivity contribution in [1.29, 1.82) is 0 Å². The number of halogens is 2. The van der Waals surface area contributed by atoms with Crippen LogP contribution in [0.25, 0.3) is 0 Å². The van der Waals surface area contributed by atoms with Crippen molar-refractivity contribution in [2.45, 2.75) is 52.5 Å². The molecule has 0 radical (unpaired) electrons. The molecule has 1 unspecified atom stereocenters. The number of amides is 2. The van der Waals surface area contributed by atoms with Crippen LogP contribution in [0.3, 0.4) is 0 Å². The zero-order chi connectivity index (χ0) is 22.1. The first-order valence-electron chi connectivity index (χ1n) is 9.55. The molecule has 8 heteroatoms.